The first kappa shape index (κ1) is 8.38. The smallest absolute Gasteiger partial charge is 0.239 e. The van der Waals surface area contributed by atoms with Crippen molar-refractivity contribution in [2.45, 2.75) is 6.54 Å². The van der Waals surface area contributed by atoms with Crippen molar-refractivity contribution in [2.24, 2.45) is 5.73 Å². The number of anilines is 2. The largest absolute Gasteiger partial charge is 0.394 e. The molecule has 1 rings (SSSR count). The molecule has 66 valence electrons. The van der Waals surface area contributed by atoms with Crippen molar-refractivity contribution in [2.75, 3.05) is 18.1 Å². The van der Waals surface area contributed by atoms with Crippen LogP contribution in [-0.2, 0) is 11.3 Å². The minimum absolute atomic E-state index is 0.0351. The summed E-state index contributed by atoms with van der Waals surface area (Å²) in [6, 6.07) is 0. The number of primary amides is 1. The summed E-state index contributed by atoms with van der Waals surface area (Å²) in [5.74, 6) is 0.156. The van der Waals surface area contributed by atoms with Gasteiger partial charge in [0.25, 0.3) is 0 Å². The van der Waals surface area contributed by atoms with Gasteiger partial charge in [0, 0.05) is 7.05 Å². The highest BCUT2D eigenvalue weighted by atomic mass is 16.1. The van der Waals surface area contributed by atoms with Crippen molar-refractivity contribution in [1.29, 1.82) is 0 Å². The molecule has 0 saturated carbocycles. The van der Waals surface area contributed by atoms with E-state index in [9.17, 15) is 4.79 Å². The summed E-state index contributed by atoms with van der Waals surface area (Å²) < 4.78 is 1.41. The van der Waals surface area contributed by atoms with Crippen LogP contribution in [0, 0.1) is 0 Å². The van der Waals surface area contributed by atoms with Gasteiger partial charge in [0.15, 0.2) is 0 Å². The summed E-state index contributed by atoms with van der Waals surface area (Å²) in [4.78, 5) is 10.5. The zero-order valence-corrected chi connectivity index (χ0v) is 6.74. The minimum atomic E-state index is -0.449. The van der Waals surface area contributed by atoms with Crippen molar-refractivity contribution in [3.63, 3.8) is 0 Å². The maximum atomic E-state index is 10.5. The molecule has 0 bridgehead atoms. The summed E-state index contributed by atoms with van der Waals surface area (Å²) in [5.41, 5.74) is 11.0. The summed E-state index contributed by atoms with van der Waals surface area (Å²) >= 11 is 0. The summed E-state index contributed by atoms with van der Waals surface area (Å²) in [5, 5.41) is 6.67. The number of aromatic nitrogens is 2. The van der Waals surface area contributed by atoms with Crippen LogP contribution in [0.3, 0.4) is 0 Å². The third kappa shape index (κ3) is 1.47. The van der Waals surface area contributed by atoms with E-state index >= 15 is 0 Å². The molecular weight excluding hydrogens is 158 g/mol. The number of hydrogen-bond donors (Lipinski definition) is 3. The molecule has 1 aromatic rings. The highest BCUT2D eigenvalue weighted by Gasteiger charge is 2.07. The van der Waals surface area contributed by atoms with Gasteiger partial charge in [-0.1, -0.05) is 0 Å². The van der Waals surface area contributed by atoms with Gasteiger partial charge in [0.2, 0.25) is 5.91 Å². The molecule has 5 N–H and O–H groups in total. The predicted molar refractivity (Wildman–Crippen MR) is 45.4 cm³/mol. The fraction of sp³-hybridized carbons (Fsp3) is 0.333. The standard InChI is InChI=1S/C6H11N5O/c1-9-6-4(7)2-10-11(6)3-5(8)12/h2,9H,3,7H2,1H3,(H2,8,12). The Bertz CT molecular complexity index is 292. The molecular formula is C6H11N5O. The number of carbonyl (C=O) groups excluding carboxylic acids is 1. The Morgan fingerprint density at radius 2 is 2.50 bits per heavy atom. The number of hydrogen-bond acceptors (Lipinski definition) is 4. The van der Waals surface area contributed by atoms with Crippen LogP contribution >= 0.6 is 0 Å². The van der Waals surface area contributed by atoms with Gasteiger partial charge in [-0.2, -0.15) is 5.10 Å². The van der Waals surface area contributed by atoms with Crippen molar-refractivity contribution < 1.29 is 4.79 Å². The number of nitrogens with zero attached hydrogens (tertiary/aromatic N) is 2. The molecule has 0 aliphatic heterocycles. The minimum Gasteiger partial charge on any atom is -0.394 e. The second-order valence-corrected chi connectivity index (χ2v) is 2.32. The molecule has 0 aromatic carbocycles. The Balaban J connectivity index is 2.91. The van der Waals surface area contributed by atoms with Crippen molar-refractivity contribution in [3.05, 3.63) is 6.20 Å². The molecule has 0 unspecified atom stereocenters. The molecule has 6 heteroatoms. The van der Waals surface area contributed by atoms with Crippen molar-refractivity contribution in [3.8, 4) is 0 Å². The summed E-state index contributed by atoms with van der Waals surface area (Å²) in [7, 11) is 1.70. The molecule has 12 heavy (non-hydrogen) atoms. The molecule has 6 nitrogen and oxygen atoms in total. The first-order chi connectivity index (χ1) is 5.65. The number of rotatable bonds is 3. The van der Waals surface area contributed by atoms with Crippen LogP contribution in [0.4, 0.5) is 11.5 Å². The lowest BCUT2D eigenvalue weighted by molar-refractivity contribution is -0.118. The van der Waals surface area contributed by atoms with Gasteiger partial charge in [-0.25, -0.2) is 4.68 Å². The molecule has 0 saturated heterocycles. The fourth-order valence-corrected chi connectivity index (χ4v) is 0.941. The van der Waals surface area contributed by atoms with E-state index in [1.165, 1.54) is 10.9 Å². The normalized spacial score (nSPS) is 9.75. The van der Waals surface area contributed by atoms with Crippen LogP contribution in [-0.4, -0.2) is 22.7 Å². The average Bonchev–Trinajstić information content (AvgIpc) is 2.30. The molecule has 0 fully saturated rings. The number of nitrogen functional groups attached to an aromatic ring is 1. The summed E-state index contributed by atoms with van der Waals surface area (Å²) in [6.07, 6.45) is 1.47. The second kappa shape index (κ2) is 3.12. The molecule has 1 aromatic heterocycles. The van der Waals surface area contributed by atoms with E-state index in [1.807, 2.05) is 0 Å². The lowest BCUT2D eigenvalue weighted by atomic mass is 10.5. The highest BCUT2D eigenvalue weighted by Crippen LogP contribution is 2.15. The van der Waals surface area contributed by atoms with Crippen LogP contribution in [0.15, 0.2) is 6.20 Å². The third-order valence-electron chi connectivity index (χ3n) is 1.41. The van der Waals surface area contributed by atoms with E-state index in [0.29, 0.717) is 11.5 Å². The van der Waals surface area contributed by atoms with Crippen LogP contribution in [0.25, 0.3) is 0 Å². The Hall–Kier alpha value is -1.72. The van der Waals surface area contributed by atoms with Gasteiger partial charge in [0.1, 0.15) is 12.4 Å². The number of nitrogens with two attached hydrogens (primary N) is 2. The van der Waals surface area contributed by atoms with Gasteiger partial charge in [-0.3, -0.25) is 4.79 Å². The van der Waals surface area contributed by atoms with Crippen molar-refractivity contribution in [1.82, 2.24) is 9.78 Å². The Morgan fingerprint density at radius 3 is 3.00 bits per heavy atom. The molecule has 0 aliphatic rings. The van der Waals surface area contributed by atoms with E-state index < -0.39 is 5.91 Å². The zero-order chi connectivity index (χ0) is 9.14. The lowest BCUT2D eigenvalue weighted by Crippen LogP contribution is -2.20. The van der Waals surface area contributed by atoms with E-state index in [0.717, 1.165) is 0 Å². The zero-order valence-electron chi connectivity index (χ0n) is 6.74. The quantitative estimate of drug-likeness (QED) is 0.540. The van der Waals surface area contributed by atoms with Crippen LogP contribution < -0.4 is 16.8 Å². The Labute approximate surface area is 69.5 Å². The Morgan fingerprint density at radius 1 is 1.83 bits per heavy atom. The third-order valence-corrected chi connectivity index (χ3v) is 1.41. The first-order valence-corrected chi connectivity index (χ1v) is 3.42. The molecule has 0 radical (unpaired) electrons. The van der Waals surface area contributed by atoms with Crippen LogP contribution in [0.2, 0.25) is 0 Å². The number of nitrogens with one attached hydrogen (secondary N) is 1. The second-order valence-electron chi connectivity index (χ2n) is 2.32. The van der Waals surface area contributed by atoms with E-state index in [2.05, 4.69) is 10.4 Å². The SMILES string of the molecule is CNc1c(N)cnn1CC(N)=O. The lowest BCUT2D eigenvalue weighted by Gasteiger charge is -2.04. The van der Waals surface area contributed by atoms with Gasteiger partial charge in [-0.05, 0) is 0 Å². The topological polar surface area (TPSA) is 99.0 Å². The van der Waals surface area contributed by atoms with E-state index in [-0.39, 0.29) is 6.54 Å². The maximum absolute atomic E-state index is 10.5. The van der Waals surface area contributed by atoms with Gasteiger partial charge in [0.05, 0.1) is 11.9 Å². The van der Waals surface area contributed by atoms with Gasteiger partial charge in [-0.15, -0.1) is 0 Å². The van der Waals surface area contributed by atoms with E-state index in [4.69, 9.17) is 11.5 Å². The molecule has 0 spiro atoms. The maximum Gasteiger partial charge on any atom is 0.239 e. The molecule has 1 amide bonds. The van der Waals surface area contributed by atoms with E-state index in [1.54, 1.807) is 7.05 Å². The van der Waals surface area contributed by atoms with Crippen molar-refractivity contribution >= 4 is 17.4 Å². The van der Waals surface area contributed by atoms with Gasteiger partial charge < -0.3 is 16.8 Å². The highest BCUT2D eigenvalue weighted by molar-refractivity contribution is 5.74. The monoisotopic (exact) mass is 169 g/mol. The summed E-state index contributed by atoms with van der Waals surface area (Å²) in [6.45, 7) is 0.0351. The number of carbonyl (C=O) groups is 1. The molecule has 1 heterocycles. The van der Waals surface area contributed by atoms with Crippen LogP contribution in [0.1, 0.15) is 0 Å². The van der Waals surface area contributed by atoms with Crippen LogP contribution in [0.5, 0.6) is 0 Å². The van der Waals surface area contributed by atoms with Gasteiger partial charge >= 0.3 is 0 Å². The molecule has 0 aliphatic carbocycles. The number of amides is 1. The Kier molecular flexibility index (Phi) is 2.18. The fourth-order valence-electron chi connectivity index (χ4n) is 0.941. The predicted octanol–water partition coefficient (Wildman–Crippen LogP) is -1.01. The first-order valence-electron chi connectivity index (χ1n) is 3.42. The molecule has 0 atom stereocenters. The average molecular weight is 169 g/mol.